The highest BCUT2D eigenvalue weighted by molar-refractivity contribution is 6.32. The molecule has 0 atom stereocenters. The van der Waals surface area contributed by atoms with Crippen LogP contribution in [0, 0.1) is 6.92 Å². The minimum Gasteiger partial charge on any atom is -0.255 e. The van der Waals surface area contributed by atoms with E-state index in [0.29, 0.717) is 5.92 Å². The van der Waals surface area contributed by atoms with Gasteiger partial charge in [-0.05, 0) is 24.0 Å². The molecule has 0 amide bonds. The number of rotatable bonds is 1. The minimum absolute atomic E-state index is 0.516. The number of benzene rings is 1. The van der Waals surface area contributed by atoms with Crippen LogP contribution in [0.1, 0.15) is 30.9 Å². The highest BCUT2D eigenvalue weighted by Crippen LogP contribution is 2.26. The Morgan fingerprint density at radius 2 is 1.77 bits per heavy atom. The average molecular weight is 203 g/mol. The summed E-state index contributed by atoms with van der Waals surface area (Å²) < 4.78 is 0. The number of aryl methyl sites for hydroxylation is 1. The molecule has 1 aromatic rings. The Kier molecular flexibility index (Phi) is 5.71. The SMILES string of the molecule is Cc1cccc(C(C)C)c1Cl.OO. The van der Waals surface area contributed by atoms with Crippen molar-refractivity contribution in [3.05, 3.63) is 34.3 Å². The molecule has 0 spiro atoms. The summed E-state index contributed by atoms with van der Waals surface area (Å²) in [7, 11) is 0. The molecule has 0 fully saturated rings. The Balaban J connectivity index is 0.000000671. The molecule has 3 heteroatoms. The van der Waals surface area contributed by atoms with Crippen LogP contribution in [0.5, 0.6) is 0 Å². The van der Waals surface area contributed by atoms with Crippen LogP contribution in [0.25, 0.3) is 0 Å². The zero-order valence-electron chi connectivity index (χ0n) is 8.08. The fraction of sp³-hybridized carbons (Fsp3) is 0.400. The highest BCUT2D eigenvalue weighted by atomic mass is 35.5. The van der Waals surface area contributed by atoms with Crippen LogP contribution in [0.15, 0.2) is 18.2 Å². The van der Waals surface area contributed by atoms with Crippen molar-refractivity contribution in [3.63, 3.8) is 0 Å². The lowest BCUT2D eigenvalue weighted by Gasteiger charge is -2.08. The largest absolute Gasteiger partial charge is 0.255 e. The molecule has 2 nitrogen and oxygen atoms in total. The summed E-state index contributed by atoms with van der Waals surface area (Å²) in [6.07, 6.45) is 0. The van der Waals surface area contributed by atoms with Gasteiger partial charge < -0.3 is 0 Å². The predicted molar refractivity (Wildman–Crippen MR) is 55.5 cm³/mol. The summed E-state index contributed by atoms with van der Waals surface area (Å²) in [4.78, 5) is 0. The van der Waals surface area contributed by atoms with Gasteiger partial charge in [0.15, 0.2) is 0 Å². The lowest BCUT2D eigenvalue weighted by atomic mass is 10.0. The van der Waals surface area contributed by atoms with E-state index < -0.39 is 0 Å². The zero-order valence-corrected chi connectivity index (χ0v) is 8.84. The smallest absolute Gasteiger partial charge is 0.0469 e. The van der Waals surface area contributed by atoms with Gasteiger partial charge in [-0.3, -0.25) is 10.5 Å². The first-order valence-electron chi connectivity index (χ1n) is 4.08. The Labute approximate surface area is 83.7 Å². The second-order valence-electron chi connectivity index (χ2n) is 3.13. The maximum absolute atomic E-state index is 6.09. The molecule has 0 radical (unpaired) electrons. The molecule has 1 aromatic carbocycles. The van der Waals surface area contributed by atoms with Gasteiger partial charge in [-0.2, -0.15) is 0 Å². The molecule has 13 heavy (non-hydrogen) atoms. The van der Waals surface area contributed by atoms with Gasteiger partial charge in [0.1, 0.15) is 0 Å². The molecule has 0 heterocycles. The van der Waals surface area contributed by atoms with E-state index in [2.05, 4.69) is 26.0 Å². The van der Waals surface area contributed by atoms with Gasteiger partial charge >= 0.3 is 0 Å². The van der Waals surface area contributed by atoms with Gasteiger partial charge in [-0.25, -0.2) is 0 Å². The van der Waals surface area contributed by atoms with Crippen LogP contribution >= 0.6 is 11.6 Å². The second kappa shape index (κ2) is 5.97. The van der Waals surface area contributed by atoms with Crippen molar-refractivity contribution in [1.82, 2.24) is 0 Å². The maximum Gasteiger partial charge on any atom is 0.0469 e. The summed E-state index contributed by atoms with van der Waals surface area (Å²) in [5, 5.41) is 12.9. The van der Waals surface area contributed by atoms with Crippen molar-refractivity contribution in [2.24, 2.45) is 0 Å². The fourth-order valence-electron chi connectivity index (χ4n) is 1.12. The van der Waals surface area contributed by atoms with E-state index in [1.165, 1.54) is 5.56 Å². The standard InChI is InChI=1S/C10H13Cl.H2O2/c1-7(2)9-6-4-5-8(3)10(9)11;1-2/h4-7H,1-3H3;1-2H. The van der Waals surface area contributed by atoms with Gasteiger partial charge in [0.25, 0.3) is 0 Å². The van der Waals surface area contributed by atoms with Crippen molar-refractivity contribution in [2.45, 2.75) is 26.7 Å². The summed E-state index contributed by atoms with van der Waals surface area (Å²) in [5.74, 6) is 0.516. The Morgan fingerprint density at radius 1 is 1.23 bits per heavy atom. The topological polar surface area (TPSA) is 40.5 Å². The van der Waals surface area contributed by atoms with Crippen LogP contribution in [0.4, 0.5) is 0 Å². The lowest BCUT2D eigenvalue weighted by Crippen LogP contribution is -1.89. The van der Waals surface area contributed by atoms with E-state index in [1.807, 2.05) is 13.0 Å². The first-order valence-corrected chi connectivity index (χ1v) is 4.45. The van der Waals surface area contributed by atoms with Crippen LogP contribution in [-0.2, 0) is 0 Å². The zero-order chi connectivity index (χ0) is 10.4. The molecule has 0 aromatic heterocycles. The van der Waals surface area contributed by atoms with Crippen LogP contribution in [-0.4, -0.2) is 10.5 Å². The predicted octanol–water partition coefficient (Wildman–Crippen LogP) is 3.79. The van der Waals surface area contributed by atoms with Crippen molar-refractivity contribution in [3.8, 4) is 0 Å². The monoisotopic (exact) mass is 202 g/mol. The van der Waals surface area contributed by atoms with Gasteiger partial charge in [0.2, 0.25) is 0 Å². The molecule has 74 valence electrons. The van der Waals surface area contributed by atoms with Crippen molar-refractivity contribution in [2.75, 3.05) is 0 Å². The van der Waals surface area contributed by atoms with Gasteiger partial charge in [-0.1, -0.05) is 43.6 Å². The first-order chi connectivity index (χ1) is 6.13. The molecular weight excluding hydrogens is 188 g/mol. The third kappa shape index (κ3) is 3.35. The van der Waals surface area contributed by atoms with Gasteiger partial charge in [-0.15, -0.1) is 0 Å². The molecule has 0 aliphatic carbocycles. The van der Waals surface area contributed by atoms with E-state index in [-0.39, 0.29) is 0 Å². The summed E-state index contributed by atoms with van der Waals surface area (Å²) in [6.45, 7) is 6.34. The Bertz CT molecular complexity index is 259. The fourth-order valence-corrected chi connectivity index (χ4v) is 1.46. The van der Waals surface area contributed by atoms with E-state index >= 15 is 0 Å². The van der Waals surface area contributed by atoms with E-state index in [4.69, 9.17) is 22.1 Å². The highest BCUT2D eigenvalue weighted by Gasteiger charge is 2.05. The lowest BCUT2D eigenvalue weighted by molar-refractivity contribution is -0.176. The minimum atomic E-state index is 0.516. The van der Waals surface area contributed by atoms with Crippen LogP contribution in [0.2, 0.25) is 5.02 Å². The molecule has 0 aliphatic rings. The summed E-state index contributed by atoms with van der Waals surface area (Å²) >= 11 is 6.09. The molecule has 0 bridgehead atoms. The normalized spacial score (nSPS) is 9.46. The van der Waals surface area contributed by atoms with Crippen LogP contribution in [0.3, 0.4) is 0 Å². The molecule has 0 unspecified atom stereocenters. The summed E-state index contributed by atoms with van der Waals surface area (Å²) in [5.41, 5.74) is 2.41. The van der Waals surface area contributed by atoms with Gasteiger partial charge in [0, 0.05) is 5.02 Å². The quantitative estimate of drug-likeness (QED) is 0.537. The Hall–Kier alpha value is -0.570. The maximum atomic E-state index is 6.09. The third-order valence-electron chi connectivity index (χ3n) is 1.84. The summed E-state index contributed by atoms with van der Waals surface area (Å²) in [6, 6.07) is 6.17. The third-order valence-corrected chi connectivity index (χ3v) is 2.36. The number of hydrogen-bond donors (Lipinski definition) is 2. The Morgan fingerprint density at radius 3 is 2.15 bits per heavy atom. The van der Waals surface area contributed by atoms with Crippen LogP contribution < -0.4 is 0 Å². The number of hydrogen-bond acceptors (Lipinski definition) is 2. The van der Waals surface area contributed by atoms with Crippen molar-refractivity contribution < 1.29 is 10.5 Å². The van der Waals surface area contributed by atoms with Crippen molar-refractivity contribution >= 4 is 11.6 Å². The molecule has 0 aliphatic heterocycles. The molecule has 1 rings (SSSR count). The molecular formula is C10H15ClO2. The number of halogens is 1. The molecule has 0 saturated carbocycles. The molecule has 2 N–H and O–H groups in total. The van der Waals surface area contributed by atoms with E-state index in [0.717, 1.165) is 10.6 Å². The van der Waals surface area contributed by atoms with E-state index in [9.17, 15) is 0 Å². The second-order valence-corrected chi connectivity index (χ2v) is 3.51. The van der Waals surface area contributed by atoms with Crippen molar-refractivity contribution in [1.29, 1.82) is 0 Å². The molecule has 0 saturated heterocycles. The first kappa shape index (κ1) is 12.4. The average Bonchev–Trinajstić information content (AvgIpc) is 2.13. The van der Waals surface area contributed by atoms with Gasteiger partial charge in [0.05, 0.1) is 0 Å². The van der Waals surface area contributed by atoms with E-state index in [1.54, 1.807) is 0 Å².